The molecule has 3 unspecified atom stereocenters. The molecule has 6 heteroatoms. The third kappa shape index (κ3) is 4.41. The van der Waals surface area contributed by atoms with Crippen LogP contribution in [0.15, 0.2) is 0 Å². The Morgan fingerprint density at radius 1 is 1.19 bits per heavy atom. The number of nitrogens with two attached hydrogens (primary N) is 1. The Morgan fingerprint density at radius 2 is 1.86 bits per heavy atom. The number of hydrogen-bond acceptors (Lipinski definition) is 4. The molecule has 3 atom stereocenters. The molecule has 120 valence electrons. The number of amides is 2. The number of morpholine rings is 1. The molecular weight excluding hydrogens is 270 g/mol. The lowest BCUT2D eigenvalue weighted by Gasteiger charge is -2.30. The number of ether oxygens (including phenoxy) is 1. The van der Waals surface area contributed by atoms with Crippen molar-refractivity contribution in [2.45, 2.75) is 51.1 Å². The summed E-state index contributed by atoms with van der Waals surface area (Å²) in [7, 11) is 0. The van der Waals surface area contributed by atoms with E-state index in [1.807, 2.05) is 0 Å². The molecule has 1 saturated heterocycles. The van der Waals surface area contributed by atoms with Gasteiger partial charge in [0.2, 0.25) is 11.8 Å². The second-order valence-electron chi connectivity index (χ2n) is 6.08. The molecule has 2 aliphatic rings. The van der Waals surface area contributed by atoms with Crippen molar-refractivity contribution >= 4 is 11.8 Å². The standard InChI is InChI=1S/C15H27N3O3/c1-11(15(20)18-7-9-21-10-8-18)17-14(19)12-5-3-2-4-6-13(12)16/h11-13H,2-10,16H2,1H3,(H,17,19). The second kappa shape index (κ2) is 7.75. The van der Waals surface area contributed by atoms with Gasteiger partial charge in [0.25, 0.3) is 0 Å². The van der Waals surface area contributed by atoms with Crippen molar-refractivity contribution in [3.8, 4) is 0 Å². The van der Waals surface area contributed by atoms with E-state index in [0.29, 0.717) is 26.3 Å². The maximum atomic E-state index is 12.4. The van der Waals surface area contributed by atoms with E-state index in [1.54, 1.807) is 11.8 Å². The highest BCUT2D eigenvalue weighted by atomic mass is 16.5. The van der Waals surface area contributed by atoms with Gasteiger partial charge >= 0.3 is 0 Å². The molecule has 3 N–H and O–H groups in total. The Balaban J connectivity index is 1.86. The highest BCUT2D eigenvalue weighted by Crippen LogP contribution is 2.22. The summed E-state index contributed by atoms with van der Waals surface area (Å²) in [5.41, 5.74) is 6.10. The lowest BCUT2D eigenvalue weighted by atomic mass is 9.94. The second-order valence-corrected chi connectivity index (χ2v) is 6.08. The van der Waals surface area contributed by atoms with Gasteiger partial charge in [0, 0.05) is 19.1 Å². The number of nitrogens with one attached hydrogen (secondary N) is 1. The fraction of sp³-hybridized carbons (Fsp3) is 0.867. The van der Waals surface area contributed by atoms with E-state index in [-0.39, 0.29) is 23.8 Å². The molecule has 2 rings (SSSR count). The fourth-order valence-corrected chi connectivity index (χ4v) is 3.10. The summed E-state index contributed by atoms with van der Waals surface area (Å²) in [4.78, 5) is 26.4. The molecule has 1 heterocycles. The van der Waals surface area contributed by atoms with Crippen molar-refractivity contribution in [1.29, 1.82) is 0 Å². The fourth-order valence-electron chi connectivity index (χ4n) is 3.10. The number of hydrogen-bond donors (Lipinski definition) is 2. The molecule has 6 nitrogen and oxygen atoms in total. The molecule has 1 aliphatic carbocycles. The molecule has 2 fully saturated rings. The maximum absolute atomic E-state index is 12.4. The van der Waals surface area contributed by atoms with Crippen LogP contribution < -0.4 is 11.1 Å². The number of nitrogens with zero attached hydrogens (tertiary/aromatic N) is 1. The van der Waals surface area contributed by atoms with Gasteiger partial charge in [0.15, 0.2) is 0 Å². The number of carbonyl (C=O) groups is 2. The van der Waals surface area contributed by atoms with Crippen molar-refractivity contribution in [3.63, 3.8) is 0 Å². The summed E-state index contributed by atoms with van der Waals surface area (Å²) in [5.74, 6) is -0.264. The summed E-state index contributed by atoms with van der Waals surface area (Å²) < 4.78 is 5.24. The van der Waals surface area contributed by atoms with E-state index >= 15 is 0 Å². The van der Waals surface area contributed by atoms with Gasteiger partial charge in [-0.1, -0.05) is 19.3 Å². The minimum Gasteiger partial charge on any atom is -0.378 e. The van der Waals surface area contributed by atoms with E-state index < -0.39 is 6.04 Å². The molecule has 0 aromatic heterocycles. The average molecular weight is 297 g/mol. The number of rotatable bonds is 3. The Kier molecular flexibility index (Phi) is 5.99. The summed E-state index contributed by atoms with van der Waals surface area (Å²) >= 11 is 0. The molecule has 21 heavy (non-hydrogen) atoms. The zero-order valence-electron chi connectivity index (χ0n) is 12.8. The van der Waals surface area contributed by atoms with E-state index in [4.69, 9.17) is 10.5 Å². The van der Waals surface area contributed by atoms with Gasteiger partial charge in [0.1, 0.15) is 6.04 Å². The molecule has 1 aliphatic heterocycles. The molecule has 0 spiro atoms. The lowest BCUT2D eigenvalue weighted by Crippen LogP contribution is -2.52. The molecular formula is C15H27N3O3. The van der Waals surface area contributed by atoms with Crippen molar-refractivity contribution in [2.24, 2.45) is 11.7 Å². The van der Waals surface area contributed by atoms with E-state index in [0.717, 1.165) is 32.1 Å². The van der Waals surface area contributed by atoms with Crippen LogP contribution in [0, 0.1) is 5.92 Å². The van der Waals surface area contributed by atoms with Gasteiger partial charge in [-0.2, -0.15) is 0 Å². The van der Waals surface area contributed by atoms with Crippen LogP contribution in [0.5, 0.6) is 0 Å². The molecule has 0 aromatic carbocycles. The van der Waals surface area contributed by atoms with E-state index in [1.165, 1.54) is 0 Å². The Hall–Kier alpha value is -1.14. The van der Waals surface area contributed by atoms with Crippen molar-refractivity contribution in [1.82, 2.24) is 10.2 Å². The van der Waals surface area contributed by atoms with Gasteiger partial charge in [-0.3, -0.25) is 9.59 Å². The van der Waals surface area contributed by atoms with E-state index in [2.05, 4.69) is 5.32 Å². The molecule has 0 bridgehead atoms. The summed E-state index contributed by atoms with van der Waals surface area (Å²) in [5, 5.41) is 2.85. The first-order chi connectivity index (χ1) is 10.1. The van der Waals surface area contributed by atoms with Crippen LogP contribution in [0.3, 0.4) is 0 Å². The summed E-state index contributed by atoms with van der Waals surface area (Å²) in [6.07, 6.45) is 4.99. The Bertz CT molecular complexity index is 369. The highest BCUT2D eigenvalue weighted by molar-refractivity contribution is 5.88. The van der Waals surface area contributed by atoms with Crippen molar-refractivity contribution in [3.05, 3.63) is 0 Å². The smallest absolute Gasteiger partial charge is 0.245 e. The van der Waals surface area contributed by atoms with Gasteiger partial charge in [-0.05, 0) is 19.8 Å². The van der Waals surface area contributed by atoms with Crippen LogP contribution in [-0.4, -0.2) is 55.1 Å². The monoisotopic (exact) mass is 297 g/mol. The molecule has 2 amide bonds. The summed E-state index contributed by atoms with van der Waals surface area (Å²) in [6, 6.07) is -0.579. The summed E-state index contributed by atoms with van der Waals surface area (Å²) in [6.45, 7) is 4.09. The largest absolute Gasteiger partial charge is 0.378 e. The topological polar surface area (TPSA) is 84.7 Å². The molecule has 0 radical (unpaired) electrons. The van der Waals surface area contributed by atoms with Crippen LogP contribution in [0.2, 0.25) is 0 Å². The predicted octanol–water partition coefficient (Wildman–Crippen LogP) is 0.258. The predicted molar refractivity (Wildman–Crippen MR) is 79.6 cm³/mol. The zero-order chi connectivity index (χ0) is 15.2. The minimum atomic E-state index is -0.494. The van der Waals surface area contributed by atoms with Gasteiger partial charge in [-0.25, -0.2) is 0 Å². The Labute approximate surface area is 126 Å². The highest BCUT2D eigenvalue weighted by Gasteiger charge is 2.30. The van der Waals surface area contributed by atoms with Crippen LogP contribution in [0.4, 0.5) is 0 Å². The van der Waals surface area contributed by atoms with Crippen LogP contribution in [-0.2, 0) is 14.3 Å². The molecule has 0 aromatic rings. The van der Waals surface area contributed by atoms with Crippen molar-refractivity contribution in [2.75, 3.05) is 26.3 Å². The Morgan fingerprint density at radius 3 is 2.57 bits per heavy atom. The maximum Gasteiger partial charge on any atom is 0.245 e. The van der Waals surface area contributed by atoms with Crippen LogP contribution in [0.1, 0.15) is 39.0 Å². The lowest BCUT2D eigenvalue weighted by molar-refractivity contribution is -0.140. The zero-order valence-corrected chi connectivity index (χ0v) is 12.8. The third-order valence-electron chi connectivity index (χ3n) is 4.46. The molecule has 1 saturated carbocycles. The third-order valence-corrected chi connectivity index (χ3v) is 4.46. The van der Waals surface area contributed by atoms with Crippen molar-refractivity contribution < 1.29 is 14.3 Å². The first kappa shape index (κ1) is 16.2. The minimum absolute atomic E-state index is 0.0335. The SMILES string of the molecule is CC(NC(=O)C1CCCCCC1N)C(=O)N1CCOCC1. The van der Waals surface area contributed by atoms with Gasteiger partial charge in [-0.15, -0.1) is 0 Å². The normalized spacial score (nSPS) is 28.6. The average Bonchev–Trinajstić information content (AvgIpc) is 2.71. The van der Waals surface area contributed by atoms with Gasteiger partial charge in [0.05, 0.1) is 19.1 Å². The van der Waals surface area contributed by atoms with Gasteiger partial charge < -0.3 is 20.7 Å². The first-order valence-electron chi connectivity index (χ1n) is 8.02. The number of carbonyl (C=O) groups excluding carboxylic acids is 2. The quantitative estimate of drug-likeness (QED) is 0.732. The first-order valence-corrected chi connectivity index (χ1v) is 8.02. The van der Waals surface area contributed by atoms with E-state index in [9.17, 15) is 9.59 Å². The van der Waals surface area contributed by atoms with Crippen LogP contribution in [0.25, 0.3) is 0 Å². The van der Waals surface area contributed by atoms with Crippen LogP contribution >= 0.6 is 0 Å².